The Morgan fingerprint density at radius 2 is 1.43 bits per heavy atom. The van der Waals surface area contributed by atoms with Crippen LogP contribution >= 0.6 is 0 Å². The molecule has 0 aromatic heterocycles. The smallest absolute Gasteiger partial charge is 0.306 e. The fraction of sp³-hybridized carbons (Fsp3) is 0.886. The minimum Gasteiger partial charge on any atom is -0.462 e. The van der Waals surface area contributed by atoms with Gasteiger partial charge in [0.15, 0.2) is 0 Å². The van der Waals surface area contributed by atoms with Gasteiger partial charge in [-0.3, -0.25) is 4.79 Å². The molecule has 0 aromatic carbocycles. The number of allylic oxidation sites excluding steroid dienone is 3. The summed E-state index contributed by atoms with van der Waals surface area (Å²) < 4.78 is 6.12. The summed E-state index contributed by atoms with van der Waals surface area (Å²) in [6.07, 6.45) is 36.0. The molecule has 3 saturated carbocycles. The Balaban J connectivity index is 1.17. The van der Waals surface area contributed by atoms with Gasteiger partial charge in [0.1, 0.15) is 6.10 Å². The van der Waals surface area contributed by atoms with Crippen molar-refractivity contribution in [3.05, 3.63) is 23.8 Å². The topological polar surface area (TPSA) is 26.3 Å². The minimum absolute atomic E-state index is 0.0577. The number of unbranched alkanes of at least 4 members (excludes halogenated alkanes) is 12. The highest BCUT2D eigenvalue weighted by Crippen LogP contribution is 2.67. The van der Waals surface area contributed by atoms with Gasteiger partial charge in [-0.15, -0.1) is 0 Å². The number of rotatable bonds is 19. The summed E-state index contributed by atoms with van der Waals surface area (Å²) in [7, 11) is 0. The van der Waals surface area contributed by atoms with Crippen molar-refractivity contribution in [2.75, 3.05) is 0 Å². The highest BCUT2D eigenvalue weighted by Gasteiger charge is 2.59. The number of ether oxygens (including phenoxy) is 1. The molecule has 4 rings (SSSR count). The third kappa shape index (κ3) is 9.55. The minimum atomic E-state index is 0.0577. The van der Waals surface area contributed by atoms with Crippen LogP contribution < -0.4 is 0 Å². The van der Waals surface area contributed by atoms with Crippen LogP contribution in [0.1, 0.15) is 190 Å². The average Bonchev–Trinajstić information content (AvgIpc) is 3.39. The first-order chi connectivity index (χ1) is 22.1. The van der Waals surface area contributed by atoms with E-state index in [1.165, 1.54) is 116 Å². The molecule has 4 aliphatic rings. The predicted octanol–water partition coefficient (Wildman–Crippen LogP) is 13.4. The molecule has 0 aromatic rings. The van der Waals surface area contributed by atoms with Gasteiger partial charge in [-0.2, -0.15) is 0 Å². The van der Waals surface area contributed by atoms with Crippen molar-refractivity contribution in [2.45, 2.75) is 196 Å². The van der Waals surface area contributed by atoms with Crippen LogP contribution in [0.4, 0.5) is 0 Å². The van der Waals surface area contributed by atoms with Gasteiger partial charge in [0.05, 0.1) is 0 Å². The standard InChI is InChI=1S/C44H76O2/c1-8-9-10-11-12-13-14-15-16-17-18-19-20-21-42(45)46-37-28-30-43(6)36(32-37)24-25-38-40-27-26-39(44(40,7)31-29-41(38)43)35(5)23-22-34(4)33(2)3/h22-24,33-35,37-41H,8-21,25-32H2,1-7H3/b23-22+. The zero-order valence-corrected chi connectivity index (χ0v) is 31.7. The van der Waals surface area contributed by atoms with Gasteiger partial charge in [-0.25, -0.2) is 0 Å². The molecule has 0 spiro atoms. The quantitative estimate of drug-likeness (QED) is 0.0801. The fourth-order valence-electron chi connectivity index (χ4n) is 10.9. The highest BCUT2D eigenvalue weighted by molar-refractivity contribution is 5.69. The van der Waals surface area contributed by atoms with E-state index in [2.05, 4.69) is 66.7 Å². The predicted molar refractivity (Wildman–Crippen MR) is 198 cm³/mol. The Kier molecular flexibility index (Phi) is 14.8. The van der Waals surface area contributed by atoms with E-state index in [-0.39, 0.29) is 12.1 Å². The van der Waals surface area contributed by atoms with Crippen LogP contribution in [0.3, 0.4) is 0 Å². The molecule has 264 valence electrons. The first-order valence-electron chi connectivity index (χ1n) is 20.7. The summed E-state index contributed by atoms with van der Waals surface area (Å²) in [6, 6.07) is 0. The molecule has 0 heterocycles. The first-order valence-corrected chi connectivity index (χ1v) is 20.7. The molecule has 0 bridgehead atoms. The number of carbonyl (C=O) groups is 1. The van der Waals surface area contributed by atoms with Gasteiger partial charge in [0, 0.05) is 12.8 Å². The maximum atomic E-state index is 12.8. The van der Waals surface area contributed by atoms with E-state index in [1.54, 1.807) is 5.57 Å². The Hall–Kier alpha value is -1.05. The van der Waals surface area contributed by atoms with Gasteiger partial charge in [-0.1, -0.05) is 149 Å². The molecule has 4 aliphatic carbocycles. The van der Waals surface area contributed by atoms with E-state index in [0.717, 1.165) is 48.9 Å². The van der Waals surface area contributed by atoms with E-state index < -0.39 is 0 Å². The van der Waals surface area contributed by atoms with Gasteiger partial charge in [-0.05, 0) is 104 Å². The largest absolute Gasteiger partial charge is 0.462 e. The maximum absolute atomic E-state index is 12.8. The zero-order chi connectivity index (χ0) is 33.2. The lowest BCUT2D eigenvalue weighted by Gasteiger charge is -2.58. The van der Waals surface area contributed by atoms with Crippen molar-refractivity contribution in [1.29, 1.82) is 0 Å². The molecule has 0 amide bonds. The van der Waals surface area contributed by atoms with E-state index in [0.29, 0.717) is 29.1 Å². The second kappa shape index (κ2) is 18.1. The normalized spacial score (nSPS) is 33.7. The van der Waals surface area contributed by atoms with Crippen molar-refractivity contribution in [3.63, 3.8) is 0 Å². The van der Waals surface area contributed by atoms with Gasteiger partial charge in [0.25, 0.3) is 0 Å². The summed E-state index contributed by atoms with van der Waals surface area (Å²) in [5, 5.41) is 0. The summed E-state index contributed by atoms with van der Waals surface area (Å²) in [5.41, 5.74) is 2.45. The van der Waals surface area contributed by atoms with E-state index in [4.69, 9.17) is 4.74 Å². The molecule has 2 heteroatoms. The Morgan fingerprint density at radius 3 is 2.07 bits per heavy atom. The number of hydrogen-bond donors (Lipinski definition) is 0. The van der Waals surface area contributed by atoms with E-state index in [1.807, 2.05) is 0 Å². The second-order valence-electron chi connectivity index (χ2n) is 17.7. The lowest BCUT2D eigenvalue weighted by molar-refractivity contribution is -0.151. The van der Waals surface area contributed by atoms with Gasteiger partial charge >= 0.3 is 5.97 Å². The number of hydrogen-bond acceptors (Lipinski definition) is 2. The first kappa shape index (κ1) is 37.8. The molecule has 46 heavy (non-hydrogen) atoms. The van der Waals surface area contributed by atoms with Crippen molar-refractivity contribution >= 4 is 5.97 Å². The fourth-order valence-corrected chi connectivity index (χ4v) is 10.9. The molecule has 9 unspecified atom stereocenters. The van der Waals surface area contributed by atoms with Crippen molar-refractivity contribution in [2.24, 2.45) is 52.3 Å². The van der Waals surface area contributed by atoms with Crippen LogP contribution in [0, 0.1) is 52.3 Å². The molecule has 0 N–H and O–H groups in total. The third-order valence-electron chi connectivity index (χ3n) is 14.3. The van der Waals surface area contributed by atoms with Gasteiger partial charge < -0.3 is 4.74 Å². The van der Waals surface area contributed by atoms with Crippen LogP contribution in [0.2, 0.25) is 0 Å². The Bertz CT molecular complexity index is 976. The Morgan fingerprint density at radius 1 is 0.804 bits per heavy atom. The number of esters is 1. The third-order valence-corrected chi connectivity index (χ3v) is 14.3. The van der Waals surface area contributed by atoms with Crippen LogP contribution in [0.25, 0.3) is 0 Å². The van der Waals surface area contributed by atoms with Crippen LogP contribution in [0.5, 0.6) is 0 Å². The summed E-state index contributed by atoms with van der Waals surface area (Å²) in [4.78, 5) is 12.8. The molecule has 3 fully saturated rings. The van der Waals surface area contributed by atoms with Crippen LogP contribution in [-0.4, -0.2) is 12.1 Å². The average molecular weight is 637 g/mol. The Labute approximate surface area is 286 Å². The lowest BCUT2D eigenvalue weighted by Crippen LogP contribution is -2.51. The molecule has 0 saturated heterocycles. The summed E-state index contributed by atoms with van der Waals surface area (Å²) >= 11 is 0. The molecule has 0 aliphatic heterocycles. The molecule has 0 radical (unpaired) electrons. The van der Waals surface area contributed by atoms with Crippen molar-refractivity contribution < 1.29 is 9.53 Å². The lowest BCUT2D eigenvalue weighted by atomic mass is 9.47. The summed E-state index contributed by atoms with van der Waals surface area (Å²) in [5.74, 6) is 5.50. The van der Waals surface area contributed by atoms with Crippen LogP contribution in [0.15, 0.2) is 23.8 Å². The van der Waals surface area contributed by atoms with E-state index >= 15 is 0 Å². The molecular weight excluding hydrogens is 560 g/mol. The molecular formula is C44H76O2. The monoisotopic (exact) mass is 637 g/mol. The molecule has 2 nitrogen and oxygen atoms in total. The maximum Gasteiger partial charge on any atom is 0.306 e. The highest BCUT2D eigenvalue weighted by atomic mass is 16.5. The van der Waals surface area contributed by atoms with E-state index in [9.17, 15) is 4.79 Å². The SMILES string of the molecule is CCCCCCCCCCCCCCCC(=O)OC1CCC2(C)C(=CCC3C2CCC2(C)C(C(C)/C=C/C(C)C(C)C)CCC32)C1. The number of carbonyl (C=O) groups excluding carboxylic acids is 1. The summed E-state index contributed by atoms with van der Waals surface area (Å²) in [6.45, 7) is 17.1. The molecule has 9 atom stereocenters. The number of fused-ring (bicyclic) bond motifs is 5. The van der Waals surface area contributed by atoms with Crippen molar-refractivity contribution in [3.8, 4) is 0 Å². The second-order valence-corrected chi connectivity index (χ2v) is 17.7. The van der Waals surface area contributed by atoms with Crippen LogP contribution in [-0.2, 0) is 9.53 Å². The zero-order valence-electron chi connectivity index (χ0n) is 31.7. The van der Waals surface area contributed by atoms with Crippen molar-refractivity contribution in [1.82, 2.24) is 0 Å². The van der Waals surface area contributed by atoms with Gasteiger partial charge in [0.2, 0.25) is 0 Å².